The van der Waals surface area contributed by atoms with Crippen LogP contribution >= 0.6 is 23.2 Å². The van der Waals surface area contributed by atoms with Gasteiger partial charge in [-0.2, -0.15) is 0 Å². The molecule has 0 aliphatic carbocycles. The average molecular weight is 315 g/mol. The zero-order valence-electron chi connectivity index (χ0n) is 9.98. The third-order valence-electron chi connectivity index (χ3n) is 2.53. The standard InChI is InChI=1S/C13H12Cl2N2OS/c14-11-2-1-3-12(15)13(11)19(18)8-9-4-5-17-10(6-9)7-16/h1-6H,7-8,16H2. The van der Waals surface area contributed by atoms with Crippen molar-refractivity contribution in [1.82, 2.24) is 4.98 Å². The first-order valence-corrected chi connectivity index (χ1v) is 7.65. The first kappa shape index (κ1) is 14.5. The van der Waals surface area contributed by atoms with Crippen molar-refractivity contribution in [1.29, 1.82) is 0 Å². The van der Waals surface area contributed by atoms with Crippen LogP contribution in [0.2, 0.25) is 10.0 Å². The molecule has 0 fully saturated rings. The van der Waals surface area contributed by atoms with Gasteiger partial charge in [-0.15, -0.1) is 0 Å². The molecule has 19 heavy (non-hydrogen) atoms. The van der Waals surface area contributed by atoms with Crippen LogP contribution in [0.25, 0.3) is 0 Å². The monoisotopic (exact) mass is 314 g/mol. The fourth-order valence-electron chi connectivity index (χ4n) is 1.65. The van der Waals surface area contributed by atoms with E-state index >= 15 is 0 Å². The third-order valence-corrected chi connectivity index (χ3v) is 4.88. The number of aromatic nitrogens is 1. The highest BCUT2D eigenvalue weighted by Crippen LogP contribution is 2.29. The van der Waals surface area contributed by atoms with E-state index in [0.717, 1.165) is 11.3 Å². The lowest BCUT2D eigenvalue weighted by Gasteiger charge is -2.07. The van der Waals surface area contributed by atoms with Crippen LogP contribution in [0.1, 0.15) is 11.3 Å². The van der Waals surface area contributed by atoms with Crippen LogP contribution in [0.15, 0.2) is 41.4 Å². The number of nitrogens with zero attached hydrogens (tertiary/aromatic N) is 1. The molecule has 0 spiro atoms. The molecule has 0 amide bonds. The molecule has 1 aromatic heterocycles. The van der Waals surface area contributed by atoms with Gasteiger partial charge in [-0.3, -0.25) is 9.19 Å². The van der Waals surface area contributed by atoms with E-state index < -0.39 is 10.8 Å². The minimum atomic E-state index is -1.30. The van der Waals surface area contributed by atoms with Gasteiger partial charge in [-0.05, 0) is 29.8 Å². The number of hydrogen-bond donors (Lipinski definition) is 1. The maximum absolute atomic E-state index is 12.3. The van der Waals surface area contributed by atoms with Crippen LogP contribution in [0.5, 0.6) is 0 Å². The highest BCUT2D eigenvalue weighted by molar-refractivity contribution is 7.84. The second-order valence-electron chi connectivity index (χ2n) is 3.90. The van der Waals surface area contributed by atoms with Crippen LogP contribution in [0.4, 0.5) is 0 Å². The summed E-state index contributed by atoms with van der Waals surface area (Å²) in [5.41, 5.74) is 7.19. The first-order chi connectivity index (χ1) is 9.11. The molecule has 2 aromatic rings. The summed E-state index contributed by atoms with van der Waals surface area (Å²) in [4.78, 5) is 4.57. The van der Waals surface area contributed by atoms with E-state index in [1.54, 1.807) is 24.4 Å². The summed E-state index contributed by atoms with van der Waals surface area (Å²) in [6.07, 6.45) is 1.66. The molecular weight excluding hydrogens is 303 g/mol. The molecule has 6 heteroatoms. The molecule has 100 valence electrons. The summed E-state index contributed by atoms with van der Waals surface area (Å²) in [5, 5.41) is 0.831. The summed E-state index contributed by atoms with van der Waals surface area (Å²) >= 11 is 12.1. The van der Waals surface area contributed by atoms with Crippen molar-refractivity contribution < 1.29 is 4.21 Å². The molecule has 2 rings (SSSR count). The van der Waals surface area contributed by atoms with Gasteiger partial charge in [0.1, 0.15) is 0 Å². The number of rotatable bonds is 4. The van der Waals surface area contributed by atoms with E-state index in [-0.39, 0.29) is 0 Å². The summed E-state index contributed by atoms with van der Waals surface area (Å²) in [5.74, 6) is 0.332. The quantitative estimate of drug-likeness (QED) is 0.943. The summed E-state index contributed by atoms with van der Waals surface area (Å²) in [6, 6.07) is 8.73. The Bertz CT molecular complexity index is 599. The van der Waals surface area contributed by atoms with Crippen molar-refractivity contribution in [2.45, 2.75) is 17.2 Å². The van der Waals surface area contributed by atoms with Gasteiger partial charge >= 0.3 is 0 Å². The molecule has 0 radical (unpaired) electrons. The van der Waals surface area contributed by atoms with Crippen LogP contribution in [0.3, 0.4) is 0 Å². The van der Waals surface area contributed by atoms with Gasteiger partial charge in [0.05, 0.1) is 37.2 Å². The Morgan fingerprint density at radius 3 is 2.53 bits per heavy atom. The molecule has 1 heterocycles. The first-order valence-electron chi connectivity index (χ1n) is 5.58. The zero-order valence-corrected chi connectivity index (χ0v) is 12.3. The second-order valence-corrected chi connectivity index (χ2v) is 6.10. The number of halogens is 2. The Morgan fingerprint density at radius 2 is 1.89 bits per heavy atom. The Balaban J connectivity index is 2.26. The third kappa shape index (κ3) is 3.54. The predicted octanol–water partition coefficient (Wildman–Crippen LogP) is 3.15. The Kier molecular flexibility index (Phi) is 4.93. The van der Waals surface area contributed by atoms with Gasteiger partial charge in [-0.1, -0.05) is 29.3 Å². The van der Waals surface area contributed by atoms with Crippen molar-refractivity contribution in [2.24, 2.45) is 5.73 Å². The summed E-state index contributed by atoms with van der Waals surface area (Å²) in [7, 11) is -1.30. The molecular formula is C13H12Cl2N2OS. The van der Waals surface area contributed by atoms with Crippen molar-refractivity contribution >= 4 is 34.0 Å². The highest BCUT2D eigenvalue weighted by Gasteiger charge is 2.13. The smallest absolute Gasteiger partial charge is 0.0763 e. The molecule has 0 bridgehead atoms. The minimum Gasteiger partial charge on any atom is -0.325 e. The molecule has 1 unspecified atom stereocenters. The molecule has 0 saturated carbocycles. The lowest BCUT2D eigenvalue weighted by Crippen LogP contribution is -2.03. The van der Waals surface area contributed by atoms with E-state index in [1.165, 1.54) is 0 Å². The highest BCUT2D eigenvalue weighted by atomic mass is 35.5. The van der Waals surface area contributed by atoms with Gasteiger partial charge in [0.15, 0.2) is 0 Å². The lowest BCUT2D eigenvalue weighted by molar-refractivity contribution is 0.682. The lowest BCUT2D eigenvalue weighted by atomic mass is 10.2. The Labute approximate surface area is 124 Å². The average Bonchev–Trinajstić information content (AvgIpc) is 2.38. The van der Waals surface area contributed by atoms with E-state index in [9.17, 15) is 4.21 Å². The zero-order chi connectivity index (χ0) is 13.8. The van der Waals surface area contributed by atoms with Gasteiger partial charge in [0.25, 0.3) is 0 Å². The maximum atomic E-state index is 12.3. The van der Waals surface area contributed by atoms with Gasteiger partial charge < -0.3 is 5.73 Å². The van der Waals surface area contributed by atoms with E-state index in [2.05, 4.69) is 4.98 Å². The van der Waals surface area contributed by atoms with Crippen molar-refractivity contribution in [3.8, 4) is 0 Å². The molecule has 3 nitrogen and oxygen atoms in total. The predicted molar refractivity (Wildman–Crippen MR) is 78.7 cm³/mol. The van der Waals surface area contributed by atoms with Crippen LogP contribution in [0, 0.1) is 0 Å². The van der Waals surface area contributed by atoms with E-state index in [4.69, 9.17) is 28.9 Å². The maximum Gasteiger partial charge on any atom is 0.0763 e. The van der Waals surface area contributed by atoms with Crippen LogP contribution in [-0.4, -0.2) is 9.19 Å². The van der Waals surface area contributed by atoms with Gasteiger partial charge in [-0.25, -0.2) is 0 Å². The largest absolute Gasteiger partial charge is 0.325 e. The van der Waals surface area contributed by atoms with Crippen molar-refractivity contribution in [2.75, 3.05) is 0 Å². The number of nitrogens with two attached hydrogens (primary N) is 1. The molecule has 0 saturated heterocycles. The van der Waals surface area contributed by atoms with E-state index in [0.29, 0.717) is 27.2 Å². The van der Waals surface area contributed by atoms with Crippen LogP contribution < -0.4 is 5.73 Å². The minimum absolute atomic E-state index is 0.332. The van der Waals surface area contributed by atoms with Gasteiger partial charge in [0.2, 0.25) is 0 Å². The Hall–Kier alpha value is -0.940. The molecule has 1 atom stereocenters. The fraction of sp³-hybridized carbons (Fsp3) is 0.154. The van der Waals surface area contributed by atoms with Gasteiger partial charge in [0, 0.05) is 12.7 Å². The number of benzene rings is 1. The molecule has 0 aliphatic heterocycles. The topological polar surface area (TPSA) is 56.0 Å². The van der Waals surface area contributed by atoms with Crippen LogP contribution in [-0.2, 0) is 23.1 Å². The molecule has 2 N–H and O–H groups in total. The normalized spacial score (nSPS) is 12.4. The van der Waals surface area contributed by atoms with Crippen molar-refractivity contribution in [3.05, 3.63) is 57.8 Å². The number of pyridine rings is 1. The summed E-state index contributed by atoms with van der Waals surface area (Å²) < 4.78 is 12.3. The molecule has 1 aromatic carbocycles. The van der Waals surface area contributed by atoms with Crippen molar-refractivity contribution in [3.63, 3.8) is 0 Å². The van der Waals surface area contributed by atoms with E-state index in [1.807, 2.05) is 12.1 Å². The molecule has 0 aliphatic rings. The Morgan fingerprint density at radius 1 is 1.21 bits per heavy atom. The summed E-state index contributed by atoms with van der Waals surface area (Å²) in [6.45, 7) is 0.354. The fourth-order valence-corrected chi connectivity index (χ4v) is 3.76. The number of hydrogen-bond acceptors (Lipinski definition) is 3. The second kappa shape index (κ2) is 6.48. The SMILES string of the molecule is NCc1cc(CS(=O)c2c(Cl)cccc2Cl)ccn1.